The molecule has 2 rings (SSSR count). The van der Waals surface area contributed by atoms with Crippen LogP contribution in [0.2, 0.25) is 0 Å². The maximum Gasteiger partial charge on any atom is 0.253 e. The molecular formula is C13H16INOS. The van der Waals surface area contributed by atoms with Gasteiger partial charge in [-0.25, -0.2) is 0 Å². The molecular weight excluding hydrogens is 345 g/mol. The molecule has 4 heteroatoms. The van der Waals surface area contributed by atoms with E-state index in [0.29, 0.717) is 10.5 Å². The van der Waals surface area contributed by atoms with Crippen LogP contribution in [0.25, 0.3) is 0 Å². The summed E-state index contributed by atoms with van der Waals surface area (Å²) in [6.45, 7) is 6.10. The molecule has 2 atom stereocenters. The number of carbonyl (C=O) groups is 1. The van der Waals surface area contributed by atoms with Crippen LogP contribution in [0.1, 0.15) is 24.2 Å². The van der Waals surface area contributed by atoms with Gasteiger partial charge in [-0.3, -0.25) is 4.79 Å². The highest BCUT2D eigenvalue weighted by atomic mass is 127. The zero-order chi connectivity index (χ0) is 12.4. The van der Waals surface area contributed by atoms with Crippen LogP contribution in [-0.4, -0.2) is 34.4 Å². The molecule has 1 amide bonds. The first kappa shape index (κ1) is 13.2. The predicted octanol–water partition coefficient (Wildman–Crippen LogP) is 3.26. The van der Waals surface area contributed by atoms with Crippen molar-refractivity contribution in [3.8, 4) is 0 Å². The van der Waals surface area contributed by atoms with Crippen LogP contribution in [0.15, 0.2) is 24.3 Å². The molecule has 0 bridgehead atoms. The fourth-order valence-electron chi connectivity index (χ4n) is 2.15. The number of hydrogen-bond donors (Lipinski definition) is 0. The van der Waals surface area contributed by atoms with Gasteiger partial charge in [0.05, 0.1) is 0 Å². The molecule has 1 aromatic rings. The number of benzene rings is 1. The molecule has 0 aromatic heterocycles. The smallest absolute Gasteiger partial charge is 0.253 e. The number of nitrogens with zero attached hydrogens (tertiary/aromatic N) is 1. The Morgan fingerprint density at radius 1 is 1.35 bits per heavy atom. The lowest BCUT2D eigenvalue weighted by Crippen LogP contribution is -2.44. The molecule has 1 heterocycles. The molecule has 1 aromatic carbocycles. The summed E-state index contributed by atoms with van der Waals surface area (Å²) in [4.78, 5) is 14.3. The van der Waals surface area contributed by atoms with Crippen molar-refractivity contribution in [2.45, 2.75) is 24.3 Å². The highest BCUT2D eigenvalue weighted by Gasteiger charge is 2.26. The topological polar surface area (TPSA) is 20.3 Å². The quantitative estimate of drug-likeness (QED) is 0.716. The fraction of sp³-hybridized carbons (Fsp3) is 0.462. The number of amides is 1. The summed E-state index contributed by atoms with van der Waals surface area (Å²) in [6.07, 6.45) is 0. The number of thioether (sulfide) groups is 1. The summed E-state index contributed by atoms with van der Waals surface area (Å²) in [5.41, 5.74) is 0.809. The van der Waals surface area contributed by atoms with Gasteiger partial charge in [0.15, 0.2) is 0 Å². The Morgan fingerprint density at radius 2 is 2.00 bits per heavy atom. The largest absolute Gasteiger partial charge is 0.336 e. The minimum atomic E-state index is 0.169. The Labute approximate surface area is 120 Å². The van der Waals surface area contributed by atoms with Gasteiger partial charge in [0.1, 0.15) is 0 Å². The van der Waals surface area contributed by atoms with Crippen molar-refractivity contribution >= 4 is 40.3 Å². The minimum Gasteiger partial charge on any atom is -0.336 e. The summed E-state index contributed by atoms with van der Waals surface area (Å²) in [6, 6.07) is 7.82. The van der Waals surface area contributed by atoms with Crippen molar-refractivity contribution in [1.29, 1.82) is 0 Å². The standard InChI is InChI=1S/C13H16INOS/c1-9-7-15(8-10(2)17-9)13(16)11-4-3-5-12(14)6-11/h3-6,9-10H,7-8H2,1-2H3. The van der Waals surface area contributed by atoms with E-state index in [1.54, 1.807) is 0 Å². The summed E-state index contributed by atoms with van der Waals surface area (Å²) >= 11 is 4.21. The average molecular weight is 361 g/mol. The fourth-order valence-corrected chi connectivity index (χ4v) is 4.02. The van der Waals surface area contributed by atoms with Crippen LogP contribution in [0.4, 0.5) is 0 Å². The maximum absolute atomic E-state index is 12.4. The second-order valence-electron chi connectivity index (χ2n) is 4.48. The van der Waals surface area contributed by atoms with Crippen LogP contribution in [-0.2, 0) is 0 Å². The Kier molecular flexibility index (Phi) is 4.36. The van der Waals surface area contributed by atoms with Crippen LogP contribution >= 0.6 is 34.4 Å². The molecule has 0 saturated carbocycles. The lowest BCUT2D eigenvalue weighted by Gasteiger charge is -2.34. The van der Waals surface area contributed by atoms with Gasteiger partial charge >= 0.3 is 0 Å². The molecule has 2 nitrogen and oxygen atoms in total. The van der Waals surface area contributed by atoms with E-state index in [4.69, 9.17) is 0 Å². The summed E-state index contributed by atoms with van der Waals surface area (Å²) < 4.78 is 1.11. The lowest BCUT2D eigenvalue weighted by atomic mass is 10.2. The SMILES string of the molecule is CC1CN(C(=O)c2cccc(I)c2)CC(C)S1. The Hall–Kier alpha value is -0.230. The van der Waals surface area contributed by atoms with Gasteiger partial charge < -0.3 is 4.90 Å². The molecule has 0 aliphatic carbocycles. The molecule has 1 aliphatic rings. The van der Waals surface area contributed by atoms with E-state index in [-0.39, 0.29) is 5.91 Å². The third-order valence-corrected chi connectivity index (χ3v) is 4.68. The first-order valence-electron chi connectivity index (χ1n) is 5.76. The van der Waals surface area contributed by atoms with E-state index in [0.717, 1.165) is 22.2 Å². The maximum atomic E-state index is 12.4. The molecule has 1 aliphatic heterocycles. The van der Waals surface area contributed by atoms with Gasteiger partial charge in [-0.05, 0) is 40.8 Å². The zero-order valence-corrected chi connectivity index (χ0v) is 13.0. The lowest BCUT2D eigenvalue weighted by molar-refractivity contribution is 0.0753. The van der Waals surface area contributed by atoms with Crippen LogP contribution in [0.5, 0.6) is 0 Å². The third kappa shape index (κ3) is 3.37. The summed E-state index contributed by atoms with van der Waals surface area (Å²) in [7, 11) is 0. The molecule has 1 fully saturated rings. The average Bonchev–Trinajstić information content (AvgIpc) is 2.26. The van der Waals surface area contributed by atoms with Crippen molar-refractivity contribution in [3.63, 3.8) is 0 Å². The van der Waals surface area contributed by atoms with Crippen molar-refractivity contribution in [2.24, 2.45) is 0 Å². The van der Waals surface area contributed by atoms with Gasteiger partial charge in [-0.2, -0.15) is 11.8 Å². The van der Waals surface area contributed by atoms with Crippen LogP contribution in [0.3, 0.4) is 0 Å². The summed E-state index contributed by atoms with van der Waals surface area (Å²) in [5.74, 6) is 0.169. The number of halogens is 1. The molecule has 0 N–H and O–H groups in total. The van der Waals surface area contributed by atoms with E-state index < -0.39 is 0 Å². The Morgan fingerprint density at radius 3 is 2.59 bits per heavy atom. The first-order chi connectivity index (χ1) is 8.06. The molecule has 0 spiro atoms. The van der Waals surface area contributed by atoms with Crippen molar-refractivity contribution in [3.05, 3.63) is 33.4 Å². The second kappa shape index (κ2) is 5.61. The minimum absolute atomic E-state index is 0.169. The number of carbonyl (C=O) groups excluding carboxylic acids is 1. The van der Waals surface area contributed by atoms with Gasteiger partial charge in [-0.15, -0.1) is 0 Å². The van der Waals surface area contributed by atoms with E-state index in [9.17, 15) is 4.79 Å². The predicted molar refractivity (Wildman–Crippen MR) is 81.6 cm³/mol. The zero-order valence-electron chi connectivity index (χ0n) is 10.0. The van der Waals surface area contributed by atoms with Gasteiger partial charge in [-0.1, -0.05) is 19.9 Å². The van der Waals surface area contributed by atoms with E-state index in [1.165, 1.54) is 0 Å². The summed E-state index contributed by atoms with van der Waals surface area (Å²) in [5, 5.41) is 1.07. The highest BCUT2D eigenvalue weighted by Crippen LogP contribution is 2.25. The molecule has 92 valence electrons. The number of hydrogen-bond acceptors (Lipinski definition) is 2. The van der Waals surface area contributed by atoms with Crippen molar-refractivity contribution in [2.75, 3.05) is 13.1 Å². The van der Waals surface area contributed by atoms with Crippen LogP contribution in [0, 0.1) is 3.57 Å². The van der Waals surface area contributed by atoms with E-state index in [1.807, 2.05) is 40.9 Å². The van der Waals surface area contributed by atoms with Gasteiger partial charge in [0, 0.05) is 32.7 Å². The molecule has 2 unspecified atom stereocenters. The number of rotatable bonds is 1. The Bertz CT molecular complexity index is 414. The molecule has 0 radical (unpaired) electrons. The highest BCUT2D eigenvalue weighted by molar-refractivity contribution is 14.1. The third-order valence-electron chi connectivity index (χ3n) is 2.78. The van der Waals surface area contributed by atoms with Crippen molar-refractivity contribution < 1.29 is 4.79 Å². The van der Waals surface area contributed by atoms with Crippen molar-refractivity contribution in [1.82, 2.24) is 4.90 Å². The first-order valence-corrected chi connectivity index (χ1v) is 7.78. The Balaban J connectivity index is 2.14. The van der Waals surface area contributed by atoms with E-state index >= 15 is 0 Å². The molecule has 17 heavy (non-hydrogen) atoms. The van der Waals surface area contributed by atoms with Gasteiger partial charge in [0.2, 0.25) is 0 Å². The van der Waals surface area contributed by atoms with Gasteiger partial charge in [0.25, 0.3) is 5.91 Å². The molecule has 1 saturated heterocycles. The van der Waals surface area contributed by atoms with E-state index in [2.05, 4.69) is 36.4 Å². The monoisotopic (exact) mass is 361 g/mol. The second-order valence-corrected chi connectivity index (χ2v) is 7.61. The normalized spacial score (nSPS) is 24.8. The van der Waals surface area contributed by atoms with Crippen LogP contribution < -0.4 is 0 Å².